The van der Waals surface area contributed by atoms with E-state index in [-0.39, 0.29) is 11.9 Å². The summed E-state index contributed by atoms with van der Waals surface area (Å²) in [7, 11) is 0. The molecule has 0 heterocycles. The highest BCUT2D eigenvalue weighted by molar-refractivity contribution is 6.32. The molecular formula is C16H25ClN2O2. The molecule has 1 amide bonds. The summed E-state index contributed by atoms with van der Waals surface area (Å²) in [6, 6.07) is 5.55. The van der Waals surface area contributed by atoms with Gasteiger partial charge in [0.2, 0.25) is 0 Å². The molecular weight excluding hydrogens is 288 g/mol. The SMILES string of the molecule is CCN(CC)C(=O)C(C)Oc1c(Cl)cccc1CC(C)N. The summed E-state index contributed by atoms with van der Waals surface area (Å²) in [4.78, 5) is 14.0. The number of nitrogens with two attached hydrogens (primary N) is 1. The van der Waals surface area contributed by atoms with Gasteiger partial charge in [-0.1, -0.05) is 23.7 Å². The number of rotatable bonds is 7. The van der Waals surface area contributed by atoms with Crippen LogP contribution in [0.4, 0.5) is 0 Å². The van der Waals surface area contributed by atoms with E-state index in [2.05, 4.69) is 0 Å². The van der Waals surface area contributed by atoms with Gasteiger partial charge >= 0.3 is 0 Å². The molecule has 1 aromatic carbocycles. The molecule has 0 saturated carbocycles. The lowest BCUT2D eigenvalue weighted by molar-refractivity contribution is -0.137. The van der Waals surface area contributed by atoms with Gasteiger partial charge in [0.25, 0.3) is 5.91 Å². The van der Waals surface area contributed by atoms with Crippen LogP contribution < -0.4 is 10.5 Å². The van der Waals surface area contributed by atoms with Crippen LogP contribution in [0.25, 0.3) is 0 Å². The number of carbonyl (C=O) groups is 1. The van der Waals surface area contributed by atoms with Crippen LogP contribution in [0.15, 0.2) is 18.2 Å². The highest BCUT2D eigenvalue weighted by Crippen LogP contribution is 2.30. The second-order valence-electron chi connectivity index (χ2n) is 5.18. The second kappa shape index (κ2) is 8.25. The normalized spacial score (nSPS) is 13.6. The van der Waals surface area contributed by atoms with Crippen LogP contribution in [-0.4, -0.2) is 36.0 Å². The third-order valence-corrected chi connectivity index (χ3v) is 3.61. The smallest absolute Gasteiger partial charge is 0.263 e. The maximum absolute atomic E-state index is 12.3. The maximum atomic E-state index is 12.3. The fourth-order valence-corrected chi connectivity index (χ4v) is 2.45. The van der Waals surface area contributed by atoms with Crippen molar-refractivity contribution in [1.82, 2.24) is 4.90 Å². The van der Waals surface area contributed by atoms with Gasteiger partial charge in [-0.05, 0) is 45.7 Å². The summed E-state index contributed by atoms with van der Waals surface area (Å²) in [5, 5.41) is 0.507. The molecule has 0 aliphatic rings. The molecule has 1 aromatic rings. The maximum Gasteiger partial charge on any atom is 0.263 e. The highest BCUT2D eigenvalue weighted by atomic mass is 35.5. The number of benzene rings is 1. The quantitative estimate of drug-likeness (QED) is 0.842. The first-order valence-electron chi connectivity index (χ1n) is 7.39. The van der Waals surface area contributed by atoms with Crippen molar-refractivity contribution < 1.29 is 9.53 Å². The van der Waals surface area contributed by atoms with Gasteiger partial charge in [0.15, 0.2) is 6.10 Å². The molecule has 2 N–H and O–H groups in total. The van der Waals surface area contributed by atoms with Gasteiger partial charge in [-0.15, -0.1) is 0 Å². The predicted molar refractivity (Wildman–Crippen MR) is 86.8 cm³/mol. The van der Waals surface area contributed by atoms with E-state index >= 15 is 0 Å². The zero-order valence-corrected chi connectivity index (χ0v) is 14.0. The van der Waals surface area contributed by atoms with Gasteiger partial charge in [0.1, 0.15) is 5.75 Å². The number of nitrogens with zero attached hydrogens (tertiary/aromatic N) is 1. The number of likely N-dealkylation sites (N-methyl/N-ethyl adjacent to an activating group) is 1. The van der Waals surface area contributed by atoms with E-state index in [1.807, 2.05) is 32.9 Å². The number of hydrogen-bond donors (Lipinski definition) is 1. The van der Waals surface area contributed by atoms with Gasteiger partial charge in [-0.25, -0.2) is 0 Å². The summed E-state index contributed by atoms with van der Waals surface area (Å²) in [5.74, 6) is 0.524. The minimum atomic E-state index is -0.573. The summed E-state index contributed by atoms with van der Waals surface area (Å²) < 4.78 is 5.84. The Morgan fingerprint density at radius 1 is 1.33 bits per heavy atom. The van der Waals surface area contributed by atoms with E-state index in [1.54, 1.807) is 17.9 Å². The molecule has 0 aliphatic carbocycles. The van der Waals surface area contributed by atoms with Crippen molar-refractivity contribution in [2.75, 3.05) is 13.1 Å². The molecule has 2 unspecified atom stereocenters. The van der Waals surface area contributed by atoms with Crippen molar-refractivity contribution in [2.24, 2.45) is 5.73 Å². The molecule has 0 saturated heterocycles. The van der Waals surface area contributed by atoms with E-state index in [0.717, 1.165) is 5.56 Å². The Morgan fingerprint density at radius 2 is 1.95 bits per heavy atom. The predicted octanol–water partition coefficient (Wildman–Crippen LogP) is 2.87. The number of para-hydroxylation sites is 1. The number of carbonyl (C=O) groups excluding carboxylic acids is 1. The van der Waals surface area contributed by atoms with Crippen LogP contribution in [0.5, 0.6) is 5.75 Å². The average molecular weight is 313 g/mol. The zero-order valence-electron chi connectivity index (χ0n) is 13.2. The molecule has 0 radical (unpaired) electrons. The highest BCUT2D eigenvalue weighted by Gasteiger charge is 2.22. The minimum Gasteiger partial charge on any atom is -0.479 e. The van der Waals surface area contributed by atoms with Crippen LogP contribution in [0.3, 0.4) is 0 Å². The standard InChI is InChI=1S/C16H25ClN2O2/c1-5-19(6-2)16(20)12(4)21-15-13(10-11(3)18)8-7-9-14(15)17/h7-9,11-12H,5-6,10,18H2,1-4H3. The fraction of sp³-hybridized carbons (Fsp3) is 0.562. The molecule has 4 nitrogen and oxygen atoms in total. The van der Waals surface area contributed by atoms with Gasteiger partial charge in [-0.3, -0.25) is 4.79 Å². The lowest BCUT2D eigenvalue weighted by Gasteiger charge is -2.25. The first kappa shape index (κ1) is 17.8. The molecule has 0 bridgehead atoms. The number of ether oxygens (including phenoxy) is 1. The number of amides is 1. The van der Waals surface area contributed by atoms with Crippen LogP contribution >= 0.6 is 11.6 Å². The van der Waals surface area contributed by atoms with E-state index in [9.17, 15) is 4.79 Å². The summed E-state index contributed by atoms with van der Waals surface area (Å²) in [6.45, 7) is 8.90. The Balaban J connectivity index is 2.93. The van der Waals surface area contributed by atoms with Gasteiger partial charge in [0, 0.05) is 19.1 Å². The molecule has 1 rings (SSSR count). The van der Waals surface area contributed by atoms with Crippen molar-refractivity contribution in [3.63, 3.8) is 0 Å². The molecule has 2 atom stereocenters. The van der Waals surface area contributed by atoms with Crippen LogP contribution in [-0.2, 0) is 11.2 Å². The topological polar surface area (TPSA) is 55.6 Å². The summed E-state index contributed by atoms with van der Waals surface area (Å²) in [5.41, 5.74) is 6.78. The largest absolute Gasteiger partial charge is 0.479 e. The van der Waals surface area contributed by atoms with Crippen LogP contribution in [0.2, 0.25) is 5.02 Å². The molecule has 21 heavy (non-hydrogen) atoms. The average Bonchev–Trinajstić information content (AvgIpc) is 2.43. The molecule has 5 heteroatoms. The fourth-order valence-electron chi connectivity index (χ4n) is 2.21. The first-order chi connectivity index (χ1) is 9.90. The van der Waals surface area contributed by atoms with Crippen LogP contribution in [0.1, 0.15) is 33.3 Å². The van der Waals surface area contributed by atoms with Crippen LogP contribution in [0, 0.1) is 0 Å². The Labute approximate surface area is 132 Å². The Kier molecular flexibility index (Phi) is 6.99. The Bertz CT molecular complexity index is 473. The van der Waals surface area contributed by atoms with Gasteiger partial charge in [0.05, 0.1) is 5.02 Å². The molecule has 0 fully saturated rings. The first-order valence-corrected chi connectivity index (χ1v) is 7.76. The molecule has 0 spiro atoms. The van der Waals surface area contributed by atoms with Crippen molar-refractivity contribution in [3.8, 4) is 5.75 Å². The number of halogens is 1. The second-order valence-corrected chi connectivity index (χ2v) is 5.59. The van der Waals surface area contributed by atoms with Crippen molar-refractivity contribution in [1.29, 1.82) is 0 Å². The van der Waals surface area contributed by atoms with Crippen molar-refractivity contribution >= 4 is 17.5 Å². The third kappa shape index (κ3) is 4.90. The number of hydrogen-bond acceptors (Lipinski definition) is 3. The zero-order chi connectivity index (χ0) is 16.0. The molecule has 0 aliphatic heterocycles. The molecule has 0 aromatic heterocycles. The van der Waals surface area contributed by atoms with Crippen molar-refractivity contribution in [3.05, 3.63) is 28.8 Å². The van der Waals surface area contributed by atoms with Crippen molar-refractivity contribution in [2.45, 2.75) is 46.3 Å². The minimum absolute atomic E-state index is 0.000364. The third-order valence-electron chi connectivity index (χ3n) is 3.31. The lowest BCUT2D eigenvalue weighted by atomic mass is 10.1. The Morgan fingerprint density at radius 3 is 2.48 bits per heavy atom. The van der Waals surface area contributed by atoms with E-state index in [1.165, 1.54) is 0 Å². The Hall–Kier alpha value is -1.26. The lowest BCUT2D eigenvalue weighted by Crippen LogP contribution is -2.40. The van der Waals surface area contributed by atoms with E-state index in [0.29, 0.717) is 30.3 Å². The van der Waals surface area contributed by atoms with Gasteiger partial charge < -0.3 is 15.4 Å². The van der Waals surface area contributed by atoms with Gasteiger partial charge in [-0.2, -0.15) is 0 Å². The summed E-state index contributed by atoms with van der Waals surface area (Å²) in [6.07, 6.45) is 0.0823. The van der Waals surface area contributed by atoms with E-state index < -0.39 is 6.10 Å². The molecule has 118 valence electrons. The van der Waals surface area contributed by atoms with E-state index in [4.69, 9.17) is 22.1 Å². The monoisotopic (exact) mass is 312 g/mol. The summed E-state index contributed by atoms with van der Waals surface area (Å²) >= 11 is 6.22.